The number of anilines is 1. The number of Topliss-reactive ketones (excluding diaryl/α,β-unsaturated/α-hetero) is 1. The third-order valence-electron chi connectivity index (χ3n) is 4.04. The normalized spacial score (nSPS) is 11.7. The van der Waals surface area contributed by atoms with Gasteiger partial charge < -0.3 is 19.8 Å². The van der Waals surface area contributed by atoms with Gasteiger partial charge in [0.1, 0.15) is 5.75 Å². The summed E-state index contributed by atoms with van der Waals surface area (Å²) in [5, 5.41) is 3.16. The van der Waals surface area contributed by atoms with Gasteiger partial charge in [0.15, 0.2) is 0 Å². The minimum absolute atomic E-state index is 0.137. The lowest BCUT2D eigenvalue weighted by Gasteiger charge is -2.16. The molecule has 6 nitrogen and oxygen atoms in total. The van der Waals surface area contributed by atoms with Crippen molar-refractivity contribution in [1.82, 2.24) is 4.98 Å². The Hall–Kier alpha value is -2.76. The number of H-pyrrole nitrogens is 1. The number of aromatic nitrogens is 1. The van der Waals surface area contributed by atoms with Crippen molar-refractivity contribution in [3.63, 3.8) is 0 Å². The number of methoxy groups -OCH3 is 1. The molecule has 0 saturated carbocycles. The first-order valence-electron chi connectivity index (χ1n) is 8.20. The largest absolute Gasteiger partial charge is 0.495 e. The van der Waals surface area contributed by atoms with Crippen LogP contribution in [0.25, 0.3) is 0 Å². The monoisotopic (exact) mass is 344 g/mol. The summed E-state index contributed by atoms with van der Waals surface area (Å²) >= 11 is 0. The van der Waals surface area contributed by atoms with E-state index in [2.05, 4.69) is 10.3 Å². The molecule has 0 unspecified atom stereocenters. The van der Waals surface area contributed by atoms with E-state index in [4.69, 9.17) is 9.47 Å². The average Bonchev–Trinajstić information content (AvgIpc) is 2.89. The number of aromatic amines is 1. The lowest BCUT2D eigenvalue weighted by atomic mass is 10.0. The second kappa shape index (κ2) is 7.88. The number of ether oxygens (including phenoxy) is 2. The van der Waals surface area contributed by atoms with Gasteiger partial charge in [0.25, 0.3) is 0 Å². The van der Waals surface area contributed by atoms with Crippen molar-refractivity contribution in [3.8, 4) is 5.75 Å². The van der Waals surface area contributed by atoms with Gasteiger partial charge in [-0.2, -0.15) is 0 Å². The van der Waals surface area contributed by atoms with Crippen LogP contribution < -0.4 is 10.1 Å². The molecule has 0 spiro atoms. The molecule has 0 aliphatic heterocycles. The van der Waals surface area contributed by atoms with Gasteiger partial charge in [-0.05, 0) is 45.4 Å². The number of ketones is 1. The summed E-state index contributed by atoms with van der Waals surface area (Å²) in [6.07, 6.45) is 0. The van der Waals surface area contributed by atoms with Crippen LogP contribution in [0.3, 0.4) is 0 Å². The Morgan fingerprint density at radius 1 is 1.24 bits per heavy atom. The number of para-hydroxylation sites is 2. The van der Waals surface area contributed by atoms with Gasteiger partial charge in [-0.1, -0.05) is 12.1 Å². The number of esters is 1. The number of carbonyl (C=O) groups excluding carboxylic acids is 2. The van der Waals surface area contributed by atoms with Crippen molar-refractivity contribution < 1.29 is 19.1 Å². The zero-order valence-electron chi connectivity index (χ0n) is 15.2. The topological polar surface area (TPSA) is 80.4 Å². The Bertz CT molecular complexity index is 780. The summed E-state index contributed by atoms with van der Waals surface area (Å²) in [7, 11) is 1.58. The molecule has 0 fully saturated rings. The highest BCUT2D eigenvalue weighted by molar-refractivity contribution is 6.04. The van der Waals surface area contributed by atoms with E-state index in [0.717, 1.165) is 5.69 Å². The maximum atomic E-state index is 12.8. The quantitative estimate of drug-likeness (QED) is 0.593. The van der Waals surface area contributed by atoms with E-state index in [0.29, 0.717) is 28.3 Å². The fraction of sp³-hybridized carbons (Fsp3) is 0.368. The van der Waals surface area contributed by atoms with Crippen molar-refractivity contribution in [2.24, 2.45) is 0 Å². The molecule has 134 valence electrons. The number of hydrogen-bond acceptors (Lipinski definition) is 5. The van der Waals surface area contributed by atoms with E-state index in [1.807, 2.05) is 24.3 Å². The predicted octanol–water partition coefficient (Wildman–Crippen LogP) is 3.50. The van der Waals surface area contributed by atoms with E-state index in [9.17, 15) is 9.59 Å². The molecule has 0 bridgehead atoms. The van der Waals surface area contributed by atoms with Crippen LogP contribution in [0.1, 0.15) is 46.0 Å². The molecule has 0 amide bonds. The summed E-state index contributed by atoms with van der Waals surface area (Å²) in [6.45, 7) is 7.32. The molecule has 1 atom stereocenters. The Morgan fingerprint density at radius 2 is 1.92 bits per heavy atom. The minimum atomic E-state index is -0.497. The summed E-state index contributed by atoms with van der Waals surface area (Å²) in [6, 6.07) is 6.90. The number of benzene rings is 1. The van der Waals surface area contributed by atoms with Gasteiger partial charge in [-0.15, -0.1) is 0 Å². The van der Waals surface area contributed by atoms with Gasteiger partial charge in [-0.3, -0.25) is 4.79 Å². The molecule has 2 rings (SSSR count). The number of hydrogen-bond donors (Lipinski definition) is 2. The molecule has 2 N–H and O–H groups in total. The highest BCUT2D eigenvalue weighted by Gasteiger charge is 2.26. The zero-order valence-corrected chi connectivity index (χ0v) is 15.2. The lowest BCUT2D eigenvalue weighted by Crippen LogP contribution is -2.27. The Morgan fingerprint density at radius 3 is 2.56 bits per heavy atom. The Balaban J connectivity index is 2.25. The molecule has 6 heteroatoms. The molecule has 0 radical (unpaired) electrons. The standard InChI is InChI=1S/C19H24N2O4/c1-6-25-19(23)16-11(2)17(21-12(16)3)18(22)13(4)20-14-9-7-8-10-15(14)24-5/h7-10,13,20-21H,6H2,1-5H3/t13-/m0/s1. The van der Waals surface area contributed by atoms with Gasteiger partial charge in [0, 0.05) is 5.69 Å². The van der Waals surface area contributed by atoms with Crippen LogP contribution in [0.5, 0.6) is 5.75 Å². The van der Waals surface area contributed by atoms with Crippen LogP contribution in [0, 0.1) is 13.8 Å². The summed E-state index contributed by atoms with van der Waals surface area (Å²) in [5.41, 5.74) is 2.81. The van der Waals surface area contributed by atoms with Crippen LogP contribution in [-0.4, -0.2) is 36.5 Å². The average molecular weight is 344 g/mol. The Kier molecular flexibility index (Phi) is 5.85. The summed E-state index contributed by atoms with van der Waals surface area (Å²) in [4.78, 5) is 27.9. The fourth-order valence-corrected chi connectivity index (χ4v) is 2.79. The SMILES string of the molecule is CCOC(=O)c1c(C)[nH]c(C(=O)[C@H](C)Nc2ccccc2OC)c1C. The van der Waals surface area contributed by atoms with Crippen LogP contribution in [0.2, 0.25) is 0 Å². The molecule has 1 heterocycles. The van der Waals surface area contributed by atoms with Crippen LogP contribution in [0.4, 0.5) is 5.69 Å². The molecular weight excluding hydrogens is 320 g/mol. The van der Waals surface area contributed by atoms with Gasteiger partial charge >= 0.3 is 5.97 Å². The van der Waals surface area contributed by atoms with Crippen LogP contribution in [-0.2, 0) is 4.74 Å². The summed E-state index contributed by atoms with van der Waals surface area (Å²) < 4.78 is 10.4. The van der Waals surface area contributed by atoms with Crippen molar-refractivity contribution in [2.45, 2.75) is 33.7 Å². The first-order valence-corrected chi connectivity index (χ1v) is 8.20. The lowest BCUT2D eigenvalue weighted by molar-refractivity contribution is 0.0525. The zero-order chi connectivity index (χ0) is 18.6. The molecule has 0 aliphatic carbocycles. The number of carbonyl (C=O) groups is 2. The number of aryl methyl sites for hydroxylation is 1. The van der Waals surface area contributed by atoms with E-state index >= 15 is 0 Å². The molecule has 1 aromatic carbocycles. The van der Waals surface area contributed by atoms with Gasteiger partial charge in [-0.25, -0.2) is 4.79 Å². The highest BCUT2D eigenvalue weighted by Crippen LogP contribution is 2.25. The van der Waals surface area contributed by atoms with Crippen LogP contribution in [0.15, 0.2) is 24.3 Å². The van der Waals surface area contributed by atoms with Crippen molar-refractivity contribution >= 4 is 17.4 Å². The van der Waals surface area contributed by atoms with E-state index in [-0.39, 0.29) is 12.4 Å². The molecule has 1 aromatic heterocycles. The van der Waals surface area contributed by atoms with Gasteiger partial charge in [0.2, 0.25) is 5.78 Å². The van der Waals surface area contributed by atoms with Crippen LogP contribution >= 0.6 is 0 Å². The number of nitrogens with one attached hydrogen (secondary N) is 2. The predicted molar refractivity (Wildman–Crippen MR) is 96.6 cm³/mol. The molecule has 0 saturated heterocycles. The molecule has 0 aliphatic rings. The maximum Gasteiger partial charge on any atom is 0.340 e. The van der Waals surface area contributed by atoms with E-state index < -0.39 is 12.0 Å². The van der Waals surface area contributed by atoms with Gasteiger partial charge in [0.05, 0.1) is 36.7 Å². The smallest absolute Gasteiger partial charge is 0.340 e. The van der Waals surface area contributed by atoms with E-state index in [1.165, 1.54) is 0 Å². The van der Waals surface area contributed by atoms with Crippen molar-refractivity contribution in [3.05, 3.63) is 46.8 Å². The third kappa shape index (κ3) is 3.84. The first kappa shape index (κ1) is 18.6. The molecule has 25 heavy (non-hydrogen) atoms. The number of rotatable bonds is 7. The summed E-state index contributed by atoms with van der Waals surface area (Å²) in [5.74, 6) is 0.106. The molecular formula is C19H24N2O4. The van der Waals surface area contributed by atoms with Crippen molar-refractivity contribution in [1.29, 1.82) is 0 Å². The second-order valence-electron chi connectivity index (χ2n) is 5.78. The maximum absolute atomic E-state index is 12.8. The first-order chi connectivity index (χ1) is 11.9. The minimum Gasteiger partial charge on any atom is -0.495 e. The fourth-order valence-electron chi connectivity index (χ4n) is 2.79. The second-order valence-corrected chi connectivity index (χ2v) is 5.78. The highest BCUT2D eigenvalue weighted by atomic mass is 16.5. The third-order valence-corrected chi connectivity index (χ3v) is 4.04. The molecule has 2 aromatic rings. The Labute approximate surface area is 147 Å². The van der Waals surface area contributed by atoms with E-state index in [1.54, 1.807) is 34.8 Å². The van der Waals surface area contributed by atoms with Crippen molar-refractivity contribution in [2.75, 3.05) is 19.0 Å².